The van der Waals surface area contributed by atoms with E-state index < -0.39 is 23.1 Å². The molecule has 0 amide bonds. The van der Waals surface area contributed by atoms with Gasteiger partial charge in [0.25, 0.3) is 5.76 Å². The van der Waals surface area contributed by atoms with Gasteiger partial charge in [-0.1, -0.05) is 6.07 Å². The number of ether oxygens (including phenoxy) is 4. The highest BCUT2D eigenvalue weighted by Crippen LogP contribution is 2.39. The molecule has 0 aliphatic heterocycles. The number of rotatable bonds is 8. The molecule has 0 spiro atoms. The molecule has 0 atom stereocenters. The monoisotopic (exact) mass is 500 g/mol. The maximum atomic E-state index is 13.8. The van der Waals surface area contributed by atoms with E-state index in [2.05, 4.69) is 0 Å². The van der Waals surface area contributed by atoms with Gasteiger partial charge in [0.1, 0.15) is 28.6 Å². The number of alkyl halides is 3. The Balaban J connectivity index is 1.64. The van der Waals surface area contributed by atoms with Gasteiger partial charge in [0.05, 0.1) is 19.6 Å². The van der Waals surface area contributed by atoms with Crippen molar-refractivity contribution >= 4 is 16.8 Å². The van der Waals surface area contributed by atoms with Crippen LogP contribution in [0.1, 0.15) is 16.1 Å². The zero-order valence-corrected chi connectivity index (χ0v) is 19.0. The summed E-state index contributed by atoms with van der Waals surface area (Å²) < 4.78 is 67.2. The van der Waals surface area contributed by atoms with Crippen LogP contribution in [0.25, 0.3) is 11.0 Å². The van der Waals surface area contributed by atoms with Crippen LogP contribution in [0.5, 0.6) is 28.7 Å². The normalized spacial score (nSPS) is 11.2. The summed E-state index contributed by atoms with van der Waals surface area (Å²) in [5, 5.41) is -0.158. The zero-order valence-electron chi connectivity index (χ0n) is 19.0. The van der Waals surface area contributed by atoms with Crippen molar-refractivity contribution in [1.29, 1.82) is 0 Å². The number of hydrogen-bond donors (Lipinski definition) is 0. The van der Waals surface area contributed by atoms with E-state index in [9.17, 15) is 22.8 Å². The van der Waals surface area contributed by atoms with Gasteiger partial charge in [0.2, 0.25) is 11.2 Å². The number of carbonyl (C=O) groups excluding carboxylic acids is 1. The van der Waals surface area contributed by atoms with Crippen molar-refractivity contribution < 1.29 is 41.3 Å². The van der Waals surface area contributed by atoms with Gasteiger partial charge in [0, 0.05) is 17.7 Å². The van der Waals surface area contributed by atoms with Gasteiger partial charge < -0.3 is 23.4 Å². The van der Waals surface area contributed by atoms with Crippen molar-refractivity contribution in [1.82, 2.24) is 0 Å². The number of fused-ring (bicyclic) bond motifs is 1. The summed E-state index contributed by atoms with van der Waals surface area (Å²) in [6.07, 6.45) is -5.03. The fourth-order valence-corrected chi connectivity index (χ4v) is 3.32. The molecule has 0 bridgehead atoms. The van der Waals surface area contributed by atoms with E-state index in [1.807, 2.05) is 0 Å². The third-order valence-electron chi connectivity index (χ3n) is 5.12. The van der Waals surface area contributed by atoms with Crippen molar-refractivity contribution in [3.63, 3.8) is 0 Å². The van der Waals surface area contributed by atoms with Gasteiger partial charge in [-0.15, -0.1) is 0 Å². The molecule has 0 saturated carbocycles. The van der Waals surface area contributed by atoms with Gasteiger partial charge in [0.15, 0.2) is 12.4 Å². The van der Waals surface area contributed by atoms with Crippen LogP contribution in [0.2, 0.25) is 0 Å². The largest absolute Gasteiger partial charge is 0.497 e. The first-order chi connectivity index (χ1) is 17.2. The Morgan fingerprint density at radius 3 is 2.19 bits per heavy atom. The molecule has 7 nitrogen and oxygen atoms in total. The Morgan fingerprint density at radius 2 is 1.53 bits per heavy atom. The van der Waals surface area contributed by atoms with Gasteiger partial charge in [-0.05, 0) is 48.5 Å². The van der Waals surface area contributed by atoms with E-state index in [1.165, 1.54) is 44.6 Å². The second kappa shape index (κ2) is 10.0. The summed E-state index contributed by atoms with van der Waals surface area (Å²) in [5.41, 5.74) is -1.03. The molecule has 0 unspecified atom stereocenters. The summed E-state index contributed by atoms with van der Waals surface area (Å²) in [6, 6.07) is 15.8. The van der Waals surface area contributed by atoms with E-state index >= 15 is 0 Å². The van der Waals surface area contributed by atoms with E-state index in [0.29, 0.717) is 17.1 Å². The minimum atomic E-state index is -5.03. The maximum absolute atomic E-state index is 13.8. The van der Waals surface area contributed by atoms with Crippen LogP contribution in [0.15, 0.2) is 75.9 Å². The minimum absolute atomic E-state index is 0.0384. The zero-order chi connectivity index (χ0) is 25.9. The molecule has 0 aliphatic carbocycles. The molecule has 0 N–H and O–H groups in total. The average molecular weight is 500 g/mol. The van der Waals surface area contributed by atoms with Crippen LogP contribution in [-0.4, -0.2) is 26.6 Å². The number of ketones is 1. The van der Waals surface area contributed by atoms with Crippen LogP contribution in [0.4, 0.5) is 13.2 Å². The van der Waals surface area contributed by atoms with Gasteiger partial charge in [-0.25, -0.2) is 0 Å². The highest BCUT2D eigenvalue weighted by Gasteiger charge is 2.40. The van der Waals surface area contributed by atoms with E-state index in [1.54, 1.807) is 30.3 Å². The molecule has 36 heavy (non-hydrogen) atoms. The first-order valence-corrected chi connectivity index (χ1v) is 10.5. The molecular weight excluding hydrogens is 481 g/mol. The molecule has 0 saturated heterocycles. The van der Waals surface area contributed by atoms with Crippen LogP contribution in [-0.2, 0) is 6.18 Å². The number of benzene rings is 3. The first kappa shape index (κ1) is 24.6. The highest BCUT2D eigenvalue weighted by molar-refractivity contribution is 5.97. The lowest BCUT2D eigenvalue weighted by molar-refractivity contribution is -0.154. The smallest absolute Gasteiger partial charge is 0.453 e. The van der Waals surface area contributed by atoms with Crippen molar-refractivity contribution in [2.45, 2.75) is 6.18 Å². The third-order valence-corrected chi connectivity index (χ3v) is 5.12. The quantitative estimate of drug-likeness (QED) is 0.279. The second-order valence-corrected chi connectivity index (χ2v) is 7.47. The Labute approximate surface area is 202 Å². The molecule has 4 aromatic rings. The molecule has 10 heteroatoms. The van der Waals surface area contributed by atoms with E-state index in [4.69, 9.17) is 23.4 Å². The van der Waals surface area contributed by atoms with Crippen LogP contribution < -0.4 is 24.4 Å². The lowest BCUT2D eigenvalue weighted by Gasteiger charge is -2.14. The van der Waals surface area contributed by atoms with E-state index in [-0.39, 0.29) is 34.9 Å². The predicted molar refractivity (Wildman–Crippen MR) is 123 cm³/mol. The van der Waals surface area contributed by atoms with Gasteiger partial charge in [-0.2, -0.15) is 13.2 Å². The summed E-state index contributed by atoms with van der Waals surface area (Å²) in [7, 11) is 2.88. The molecule has 1 aromatic heterocycles. The third kappa shape index (κ3) is 5.27. The summed E-state index contributed by atoms with van der Waals surface area (Å²) >= 11 is 0. The molecule has 4 rings (SSSR count). The highest BCUT2D eigenvalue weighted by atomic mass is 19.4. The predicted octanol–water partition coefficient (Wildman–Crippen LogP) is 5.88. The second-order valence-electron chi connectivity index (χ2n) is 7.47. The summed E-state index contributed by atoms with van der Waals surface area (Å²) in [4.78, 5) is 25.3. The van der Waals surface area contributed by atoms with Gasteiger partial charge >= 0.3 is 6.18 Å². The van der Waals surface area contributed by atoms with Crippen LogP contribution in [0, 0.1) is 0 Å². The summed E-state index contributed by atoms with van der Waals surface area (Å²) in [6.45, 7) is -0.384. The number of halogens is 3. The van der Waals surface area contributed by atoms with Crippen molar-refractivity contribution in [2.75, 3.05) is 20.8 Å². The fourth-order valence-electron chi connectivity index (χ4n) is 3.32. The van der Waals surface area contributed by atoms with Crippen molar-refractivity contribution in [3.8, 4) is 28.7 Å². The van der Waals surface area contributed by atoms with Crippen molar-refractivity contribution in [3.05, 3.63) is 88.3 Å². The number of Topliss-reactive ketones (excluding diaryl/α,β-unsaturated/α-hetero) is 1. The Kier molecular flexibility index (Phi) is 6.86. The molecule has 0 radical (unpaired) electrons. The molecule has 3 aromatic carbocycles. The Hall–Kier alpha value is -4.47. The van der Waals surface area contributed by atoms with Gasteiger partial charge in [-0.3, -0.25) is 9.59 Å². The topological polar surface area (TPSA) is 84.2 Å². The van der Waals surface area contributed by atoms with Crippen molar-refractivity contribution in [2.24, 2.45) is 0 Å². The lowest BCUT2D eigenvalue weighted by Crippen LogP contribution is -2.16. The first-order valence-electron chi connectivity index (χ1n) is 10.5. The molecular formula is C26H19F3O7. The minimum Gasteiger partial charge on any atom is -0.497 e. The Morgan fingerprint density at radius 1 is 0.861 bits per heavy atom. The summed E-state index contributed by atoms with van der Waals surface area (Å²) in [5.74, 6) is -2.06. The standard InChI is InChI=1S/C26H19F3O7/c1-32-16-8-6-15(7-9-16)21(30)14-34-18-10-11-20-22(13-18)36-25(26(27,28)29)24(23(20)31)35-19-5-3-4-17(12-19)33-2/h3-13H,14H2,1-2H3. The Bertz CT molecular complexity index is 1460. The van der Waals surface area contributed by atoms with E-state index in [0.717, 1.165) is 6.07 Å². The number of methoxy groups -OCH3 is 2. The average Bonchev–Trinajstić information content (AvgIpc) is 2.88. The molecule has 0 fully saturated rings. The fraction of sp³-hybridized carbons (Fsp3) is 0.154. The lowest BCUT2D eigenvalue weighted by atomic mass is 10.1. The maximum Gasteiger partial charge on any atom is 0.453 e. The molecule has 0 aliphatic rings. The van der Waals surface area contributed by atoms with Crippen LogP contribution >= 0.6 is 0 Å². The van der Waals surface area contributed by atoms with Crippen LogP contribution in [0.3, 0.4) is 0 Å². The number of hydrogen-bond acceptors (Lipinski definition) is 7. The molecule has 1 heterocycles. The molecule has 186 valence electrons. The SMILES string of the molecule is COc1ccc(C(=O)COc2ccc3c(=O)c(Oc4cccc(OC)c4)c(C(F)(F)F)oc3c2)cc1. The number of carbonyl (C=O) groups is 1.